The number of nitrogens with one attached hydrogen (secondary N) is 1. The SMILES string of the molecule is Cc1coc(NC(=O)c2sccc2C#CCN)n1. The van der Waals surface area contributed by atoms with Gasteiger partial charge in [0.15, 0.2) is 0 Å². The number of aromatic nitrogens is 1. The normalized spacial score (nSPS) is 9.67. The first kappa shape index (κ1) is 12.4. The van der Waals surface area contributed by atoms with Gasteiger partial charge in [0.25, 0.3) is 5.91 Å². The molecule has 18 heavy (non-hydrogen) atoms. The largest absolute Gasteiger partial charge is 0.432 e. The molecule has 5 nitrogen and oxygen atoms in total. The number of nitrogens with two attached hydrogens (primary N) is 1. The van der Waals surface area contributed by atoms with Crippen molar-refractivity contribution in [3.63, 3.8) is 0 Å². The van der Waals surface area contributed by atoms with Crippen LogP contribution < -0.4 is 11.1 Å². The molecule has 0 fully saturated rings. The lowest BCUT2D eigenvalue weighted by atomic mass is 10.2. The smallest absolute Gasteiger partial charge is 0.301 e. The molecule has 2 rings (SSSR count). The fraction of sp³-hybridized carbons (Fsp3) is 0.167. The van der Waals surface area contributed by atoms with E-state index in [4.69, 9.17) is 10.2 Å². The van der Waals surface area contributed by atoms with E-state index in [0.29, 0.717) is 16.1 Å². The van der Waals surface area contributed by atoms with Gasteiger partial charge < -0.3 is 10.2 Å². The van der Waals surface area contributed by atoms with Gasteiger partial charge in [-0.15, -0.1) is 11.3 Å². The van der Waals surface area contributed by atoms with Gasteiger partial charge in [-0.1, -0.05) is 11.8 Å². The Morgan fingerprint density at radius 1 is 1.67 bits per heavy atom. The van der Waals surface area contributed by atoms with Gasteiger partial charge in [0.1, 0.15) is 11.1 Å². The summed E-state index contributed by atoms with van der Waals surface area (Å²) in [6.07, 6.45) is 1.47. The first-order valence-corrected chi connectivity index (χ1v) is 6.08. The Hall–Kier alpha value is -2.10. The molecule has 2 aromatic heterocycles. The quantitative estimate of drug-likeness (QED) is 0.805. The topological polar surface area (TPSA) is 81.2 Å². The number of anilines is 1. The number of carbonyl (C=O) groups is 1. The maximum Gasteiger partial charge on any atom is 0.301 e. The van der Waals surface area contributed by atoms with Gasteiger partial charge in [-0.05, 0) is 18.4 Å². The standard InChI is InChI=1S/C12H11N3O2S/c1-8-7-17-12(14-8)15-11(16)10-9(3-2-5-13)4-6-18-10/h4,6-7H,5,13H2,1H3,(H,14,15,16). The van der Waals surface area contributed by atoms with Gasteiger partial charge in [0, 0.05) is 5.56 Å². The molecule has 0 radical (unpaired) electrons. The Balaban J connectivity index is 2.16. The lowest BCUT2D eigenvalue weighted by molar-refractivity contribution is 0.102. The van der Waals surface area contributed by atoms with Crippen molar-refractivity contribution in [2.75, 3.05) is 11.9 Å². The van der Waals surface area contributed by atoms with E-state index in [1.807, 2.05) is 0 Å². The number of hydrogen-bond donors (Lipinski definition) is 2. The summed E-state index contributed by atoms with van der Waals surface area (Å²) in [7, 11) is 0. The van der Waals surface area contributed by atoms with Crippen molar-refractivity contribution in [1.82, 2.24) is 4.98 Å². The molecule has 0 saturated heterocycles. The van der Waals surface area contributed by atoms with Gasteiger partial charge in [-0.3, -0.25) is 10.1 Å². The molecule has 0 unspecified atom stereocenters. The van der Waals surface area contributed by atoms with Crippen LogP contribution in [0.25, 0.3) is 0 Å². The molecule has 0 aliphatic carbocycles. The highest BCUT2D eigenvalue weighted by molar-refractivity contribution is 7.12. The van der Waals surface area contributed by atoms with Crippen LogP contribution in [0.15, 0.2) is 22.1 Å². The zero-order valence-corrected chi connectivity index (χ0v) is 10.5. The van der Waals surface area contributed by atoms with Crippen LogP contribution in [0.2, 0.25) is 0 Å². The summed E-state index contributed by atoms with van der Waals surface area (Å²) in [6, 6.07) is 1.96. The number of amides is 1. The average molecular weight is 261 g/mol. The monoisotopic (exact) mass is 261 g/mol. The number of thiophene rings is 1. The third kappa shape index (κ3) is 2.77. The molecule has 2 aromatic rings. The molecule has 0 atom stereocenters. The van der Waals surface area contributed by atoms with Crippen LogP contribution in [0.1, 0.15) is 20.9 Å². The van der Waals surface area contributed by atoms with E-state index in [-0.39, 0.29) is 18.5 Å². The van der Waals surface area contributed by atoms with E-state index in [1.54, 1.807) is 18.4 Å². The highest BCUT2D eigenvalue weighted by Gasteiger charge is 2.14. The van der Waals surface area contributed by atoms with Crippen LogP contribution >= 0.6 is 11.3 Å². The first-order valence-electron chi connectivity index (χ1n) is 5.20. The first-order chi connectivity index (χ1) is 8.70. The van der Waals surface area contributed by atoms with Gasteiger partial charge >= 0.3 is 6.01 Å². The van der Waals surface area contributed by atoms with E-state index in [1.165, 1.54) is 17.6 Å². The number of rotatable bonds is 2. The highest BCUT2D eigenvalue weighted by atomic mass is 32.1. The van der Waals surface area contributed by atoms with Crippen LogP contribution in [-0.2, 0) is 0 Å². The molecule has 6 heteroatoms. The van der Waals surface area contributed by atoms with E-state index in [9.17, 15) is 4.79 Å². The molecule has 2 heterocycles. The predicted molar refractivity (Wildman–Crippen MR) is 69.4 cm³/mol. The Morgan fingerprint density at radius 3 is 3.17 bits per heavy atom. The van der Waals surface area contributed by atoms with Crippen LogP contribution in [0.5, 0.6) is 0 Å². The summed E-state index contributed by atoms with van der Waals surface area (Å²) >= 11 is 1.31. The predicted octanol–water partition coefficient (Wildman–Crippen LogP) is 1.61. The van der Waals surface area contributed by atoms with Crippen molar-refractivity contribution < 1.29 is 9.21 Å². The minimum Gasteiger partial charge on any atom is -0.432 e. The second-order valence-electron chi connectivity index (χ2n) is 3.42. The zero-order valence-electron chi connectivity index (χ0n) is 9.69. The summed E-state index contributed by atoms with van der Waals surface area (Å²) in [5, 5.41) is 4.38. The van der Waals surface area contributed by atoms with Crippen molar-refractivity contribution in [3.8, 4) is 11.8 Å². The fourth-order valence-corrected chi connectivity index (χ4v) is 2.04. The third-order valence-corrected chi connectivity index (χ3v) is 2.95. The maximum atomic E-state index is 12.0. The molecular weight excluding hydrogens is 250 g/mol. The Kier molecular flexibility index (Phi) is 3.77. The maximum absolute atomic E-state index is 12.0. The van der Waals surface area contributed by atoms with Crippen molar-refractivity contribution in [2.45, 2.75) is 6.92 Å². The number of hydrogen-bond acceptors (Lipinski definition) is 5. The molecule has 0 spiro atoms. The fourth-order valence-electron chi connectivity index (χ4n) is 1.30. The van der Waals surface area contributed by atoms with Crippen molar-refractivity contribution in [3.05, 3.63) is 33.8 Å². The van der Waals surface area contributed by atoms with Gasteiger partial charge in [0.2, 0.25) is 0 Å². The van der Waals surface area contributed by atoms with Crippen LogP contribution in [0.4, 0.5) is 6.01 Å². The second kappa shape index (κ2) is 5.49. The molecular formula is C12H11N3O2S. The Morgan fingerprint density at radius 2 is 2.50 bits per heavy atom. The van der Waals surface area contributed by atoms with Crippen molar-refractivity contribution in [2.24, 2.45) is 5.73 Å². The molecule has 0 aliphatic heterocycles. The van der Waals surface area contributed by atoms with Crippen molar-refractivity contribution in [1.29, 1.82) is 0 Å². The van der Waals surface area contributed by atoms with E-state index in [2.05, 4.69) is 22.1 Å². The highest BCUT2D eigenvalue weighted by Crippen LogP contribution is 2.17. The van der Waals surface area contributed by atoms with Crippen molar-refractivity contribution >= 4 is 23.3 Å². The zero-order chi connectivity index (χ0) is 13.0. The molecule has 3 N–H and O–H groups in total. The summed E-state index contributed by atoms with van der Waals surface area (Å²) in [6.45, 7) is 2.04. The number of aryl methyl sites for hydroxylation is 1. The minimum atomic E-state index is -0.284. The van der Waals surface area contributed by atoms with Crippen LogP contribution in [0.3, 0.4) is 0 Å². The Bertz CT molecular complexity index is 619. The number of carbonyl (C=O) groups excluding carboxylic acids is 1. The van der Waals surface area contributed by atoms with E-state index >= 15 is 0 Å². The van der Waals surface area contributed by atoms with Gasteiger partial charge in [0.05, 0.1) is 12.2 Å². The number of oxazole rings is 1. The lowest BCUT2D eigenvalue weighted by Gasteiger charge is -1.98. The molecule has 92 valence electrons. The average Bonchev–Trinajstić information content (AvgIpc) is 2.95. The third-order valence-electron chi connectivity index (χ3n) is 2.04. The summed E-state index contributed by atoms with van der Waals surface area (Å²) in [5.74, 6) is 5.28. The molecule has 1 amide bonds. The van der Waals surface area contributed by atoms with Gasteiger partial charge in [-0.2, -0.15) is 4.98 Å². The lowest BCUT2D eigenvalue weighted by Crippen LogP contribution is -2.11. The van der Waals surface area contributed by atoms with E-state index < -0.39 is 0 Å². The van der Waals surface area contributed by atoms with E-state index in [0.717, 1.165) is 0 Å². The number of nitrogens with zero attached hydrogens (tertiary/aromatic N) is 1. The minimum absolute atomic E-state index is 0.184. The summed E-state index contributed by atoms with van der Waals surface area (Å²) in [5.41, 5.74) is 6.67. The molecule has 0 bridgehead atoms. The van der Waals surface area contributed by atoms with Crippen LogP contribution in [0, 0.1) is 18.8 Å². The Labute approximate surface area is 108 Å². The van der Waals surface area contributed by atoms with Gasteiger partial charge in [-0.25, -0.2) is 0 Å². The summed E-state index contributed by atoms with van der Waals surface area (Å²) in [4.78, 5) is 16.5. The molecule has 0 aliphatic rings. The molecule has 0 aromatic carbocycles. The second-order valence-corrected chi connectivity index (χ2v) is 4.33. The molecule has 0 saturated carbocycles. The van der Waals surface area contributed by atoms with Crippen LogP contribution in [-0.4, -0.2) is 17.4 Å². The summed E-state index contributed by atoms with van der Waals surface area (Å²) < 4.78 is 5.06.